The van der Waals surface area contributed by atoms with Gasteiger partial charge >= 0.3 is 0 Å². The molecule has 1 heterocycles. The maximum atomic E-state index is 12.7. The predicted octanol–water partition coefficient (Wildman–Crippen LogP) is 2.17. The maximum absolute atomic E-state index is 12.7. The van der Waals surface area contributed by atoms with Crippen LogP contribution in [0.5, 0.6) is 0 Å². The SMILES string of the molecule is CN(c1ccc(F)cn1)C1CCC(=O)CC1. The van der Waals surface area contributed by atoms with Crippen LogP contribution in [0.15, 0.2) is 18.3 Å². The van der Waals surface area contributed by atoms with Gasteiger partial charge in [-0.05, 0) is 25.0 Å². The molecule has 1 aliphatic carbocycles. The Hall–Kier alpha value is -1.45. The highest BCUT2D eigenvalue weighted by molar-refractivity contribution is 5.79. The molecule has 0 aromatic carbocycles. The molecule has 16 heavy (non-hydrogen) atoms. The van der Waals surface area contributed by atoms with Crippen LogP contribution < -0.4 is 4.90 Å². The van der Waals surface area contributed by atoms with Gasteiger partial charge in [-0.2, -0.15) is 0 Å². The van der Waals surface area contributed by atoms with Crippen LogP contribution in [0.2, 0.25) is 0 Å². The van der Waals surface area contributed by atoms with E-state index in [0.717, 1.165) is 18.7 Å². The summed E-state index contributed by atoms with van der Waals surface area (Å²) in [5.41, 5.74) is 0. The molecule has 86 valence electrons. The van der Waals surface area contributed by atoms with Gasteiger partial charge in [-0.3, -0.25) is 4.79 Å². The molecule has 0 bridgehead atoms. The summed E-state index contributed by atoms with van der Waals surface area (Å²) in [6.45, 7) is 0. The second kappa shape index (κ2) is 4.60. The Balaban J connectivity index is 2.04. The molecule has 0 atom stereocenters. The Morgan fingerprint density at radius 1 is 1.38 bits per heavy atom. The minimum absolute atomic E-state index is 0.323. The van der Waals surface area contributed by atoms with E-state index in [9.17, 15) is 9.18 Å². The maximum Gasteiger partial charge on any atom is 0.141 e. The Morgan fingerprint density at radius 3 is 2.62 bits per heavy atom. The number of carbonyl (C=O) groups excluding carboxylic acids is 1. The molecule has 0 N–H and O–H groups in total. The van der Waals surface area contributed by atoms with Gasteiger partial charge in [0.15, 0.2) is 0 Å². The Morgan fingerprint density at radius 2 is 2.06 bits per heavy atom. The molecule has 1 aromatic rings. The van der Waals surface area contributed by atoms with Crippen molar-refractivity contribution < 1.29 is 9.18 Å². The monoisotopic (exact) mass is 222 g/mol. The van der Waals surface area contributed by atoms with Crippen molar-refractivity contribution in [2.24, 2.45) is 0 Å². The third kappa shape index (κ3) is 2.38. The van der Waals surface area contributed by atoms with E-state index in [2.05, 4.69) is 4.98 Å². The van der Waals surface area contributed by atoms with Gasteiger partial charge in [-0.1, -0.05) is 0 Å². The van der Waals surface area contributed by atoms with Gasteiger partial charge in [0.05, 0.1) is 6.20 Å². The quantitative estimate of drug-likeness (QED) is 0.768. The molecule has 2 rings (SSSR count). The zero-order chi connectivity index (χ0) is 11.5. The highest BCUT2D eigenvalue weighted by atomic mass is 19.1. The highest BCUT2D eigenvalue weighted by Gasteiger charge is 2.22. The van der Waals surface area contributed by atoms with Crippen LogP contribution >= 0.6 is 0 Å². The summed E-state index contributed by atoms with van der Waals surface area (Å²) in [5, 5.41) is 0. The predicted molar refractivity (Wildman–Crippen MR) is 59.9 cm³/mol. The summed E-state index contributed by atoms with van der Waals surface area (Å²) < 4.78 is 12.7. The van der Waals surface area contributed by atoms with Crippen molar-refractivity contribution in [2.45, 2.75) is 31.7 Å². The number of nitrogens with zero attached hydrogens (tertiary/aromatic N) is 2. The second-order valence-electron chi connectivity index (χ2n) is 4.22. The first-order valence-corrected chi connectivity index (χ1v) is 5.53. The first kappa shape index (κ1) is 11.0. The van der Waals surface area contributed by atoms with E-state index in [-0.39, 0.29) is 5.82 Å². The molecule has 4 heteroatoms. The molecule has 0 saturated heterocycles. The van der Waals surface area contributed by atoms with E-state index in [0.29, 0.717) is 24.7 Å². The lowest BCUT2D eigenvalue weighted by molar-refractivity contribution is -0.120. The van der Waals surface area contributed by atoms with Crippen molar-refractivity contribution in [3.05, 3.63) is 24.1 Å². The smallest absolute Gasteiger partial charge is 0.141 e. The fourth-order valence-electron chi connectivity index (χ4n) is 2.08. The zero-order valence-corrected chi connectivity index (χ0v) is 9.32. The molecule has 0 aliphatic heterocycles. The third-order valence-corrected chi connectivity index (χ3v) is 3.13. The average Bonchev–Trinajstić information content (AvgIpc) is 2.30. The molecule has 1 aliphatic rings. The van der Waals surface area contributed by atoms with Crippen molar-refractivity contribution in [2.75, 3.05) is 11.9 Å². The number of aromatic nitrogens is 1. The molecule has 1 saturated carbocycles. The summed E-state index contributed by atoms with van der Waals surface area (Å²) >= 11 is 0. The van der Waals surface area contributed by atoms with Gasteiger partial charge < -0.3 is 4.90 Å². The largest absolute Gasteiger partial charge is 0.357 e. The van der Waals surface area contributed by atoms with E-state index >= 15 is 0 Å². The summed E-state index contributed by atoms with van der Waals surface area (Å²) in [5.74, 6) is 0.786. The van der Waals surface area contributed by atoms with Crippen LogP contribution in [0.1, 0.15) is 25.7 Å². The summed E-state index contributed by atoms with van der Waals surface area (Å²) in [6.07, 6.45) is 4.26. The van der Waals surface area contributed by atoms with E-state index in [4.69, 9.17) is 0 Å². The van der Waals surface area contributed by atoms with Gasteiger partial charge in [0.2, 0.25) is 0 Å². The van der Waals surface area contributed by atoms with Crippen molar-refractivity contribution >= 4 is 11.6 Å². The van der Waals surface area contributed by atoms with E-state index in [1.165, 1.54) is 12.3 Å². The molecule has 0 spiro atoms. The number of hydrogen-bond donors (Lipinski definition) is 0. The Labute approximate surface area is 94.3 Å². The average molecular weight is 222 g/mol. The van der Waals surface area contributed by atoms with Crippen molar-refractivity contribution in [1.82, 2.24) is 4.98 Å². The normalized spacial score (nSPS) is 17.5. The third-order valence-electron chi connectivity index (χ3n) is 3.13. The van der Waals surface area contributed by atoms with Crippen LogP contribution in [-0.2, 0) is 4.79 Å². The van der Waals surface area contributed by atoms with Crippen molar-refractivity contribution in [3.8, 4) is 0 Å². The number of ketones is 1. The van der Waals surface area contributed by atoms with Gasteiger partial charge in [0.1, 0.15) is 17.4 Å². The molecule has 3 nitrogen and oxygen atoms in total. The Bertz CT molecular complexity index is 367. The Kier molecular flexibility index (Phi) is 3.17. The van der Waals surface area contributed by atoms with Gasteiger partial charge in [-0.15, -0.1) is 0 Å². The first-order valence-electron chi connectivity index (χ1n) is 5.53. The molecular weight excluding hydrogens is 207 g/mol. The number of halogens is 1. The number of anilines is 1. The van der Waals surface area contributed by atoms with E-state index < -0.39 is 0 Å². The van der Waals surface area contributed by atoms with Crippen molar-refractivity contribution in [3.63, 3.8) is 0 Å². The topological polar surface area (TPSA) is 33.2 Å². The molecule has 1 fully saturated rings. The molecule has 0 unspecified atom stereocenters. The number of carbonyl (C=O) groups is 1. The van der Waals surface area contributed by atoms with Crippen LogP contribution in [0.4, 0.5) is 10.2 Å². The highest BCUT2D eigenvalue weighted by Crippen LogP contribution is 2.23. The lowest BCUT2D eigenvalue weighted by Gasteiger charge is -2.31. The summed E-state index contributed by atoms with van der Waals surface area (Å²) in [4.78, 5) is 17.2. The standard InChI is InChI=1S/C12H15FN2O/c1-15(10-3-5-11(16)6-4-10)12-7-2-9(13)8-14-12/h2,7-8,10H,3-6H2,1H3. The molecule has 0 radical (unpaired) electrons. The van der Waals surface area contributed by atoms with Gasteiger partial charge in [0, 0.05) is 25.9 Å². The lowest BCUT2D eigenvalue weighted by Crippen LogP contribution is -2.35. The zero-order valence-electron chi connectivity index (χ0n) is 9.32. The minimum atomic E-state index is -0.323. The van der Waals surface area contributed by atoms with E-state index in [1.807, 2.05) is 11.9 Å². The number of rotatable bonds is 2. The molecule has 0 amide bonds. The lowest BCUT2D eigenvalue weighted by atomic mass is 9.93. The first-order chi connectivity index (χ1) is 7.66. The summed E-state index contributed by atoms with van der Waals surface area (Å²) in [7, 11) is 1.95. The van der Waals surface area contributed by atoms with Crippen molar-refractivity contribution in [1.29, 1.82) is 0 Å². The minimum Gasteiger partial charge on any atom is -0.357 e. The number of Topliss-reactive ketones (excluding diaryl/α,β-unsaturated/α-hetero) is 1. The molecule has 1 aromatic heterocycles. The van der Waals surface area contributed by atoms with Gasteiger partial charge in [0.25, 0.3) is 0 Å². The van der Waals surface area contributed by atoms with Gasteiger partial charge in [-0.25, -0.2) is 9.37 Å². The van der Waals surface area contributed by atoms with Crippen LogP contribution in [0.25, 0.3) is 0 Å². The second-order valence-corrected chi connectivity index (χ2v) is 4.22. The number of pyridine rings is 1. The van der Waals surface area contributed by atoms with Crippen LogP contribution in [0.3, 0.4) is 0 Å². The molecular formula is C12H15FN2O. The van der Waals surface area contributed by atoms with E-state index in [1.54, 1.807) is 6.07 Å². The number of hydrogen-bond acceptors (Lipinski definition) is 3. The van der Waals surface area contributed by atoms with Crippen LogP contribution in [-0.4, -0.2) is 23.9 Å². The fraction of sp³-hybridized carbons (Fsp3) is 0.500. The summed E-state index contributed by atoms with van der Waals surface area (Å²) in [6, 6.07) is 3.43. The van der Waals surface area contributed by atoms with Crippen LogP contribution in [0, 0.1) is 5.82 Å². The fourth-order valence-corrected chi connectivity index (χ4v) is 2.08.